The van der Waals surface area contributed by atoms with Crippen LogP contribution in [0.2, 0.25) is 0 Å². The third kappa shape index (κ3) is 4.15. The van der Waals surface area contributed by atoms with Crippen LogP contribution in [0.1, 0.15) is 31.5 Å². The Kier molecular flexibility index (Phi) is 5.49. The molecule has 2 aromatic heterocycles. The largest absolute Gasteiger partial charge is 0.354 e. The molecule has 5 heteroatoms. The molecule has 0 amide bonds. The highest BCUT2D eigenvalue weighted by atomic mass is 15.2. The van der Waals surface area contributed by atoms with Crippen LogP contribution in [0.4, 0.5) is 11.8 Å². The summed E-state index contributed by atoms with van der Waals surface area (Å²) in [6.45, 7) is 8.81. The highest BCUT2D eigenvalue weighted by Gasteiger charge is 2.12. The lowest BCUT2D eigenvalue weighted by Crippen LogP contribution is -2.25. The Balaban J connectivity index is 2.20. The van der Waals surface area contributed by atoms with Gasteiger partial charge in [-0.15, -0.1) is 0 Å². The van der Waals surface area contributed by atoms with Crippen LogP contribution < -0.4 is 10.2 Å². The minimum Gasteiger partial charge on any atom is -0.354 e. The van der Waals surface area contributed by atoms with Crippen molar-refractivity contribution in [3.63, 3.8) is 0 Å². The van der Waals surface area contributed by atoms with Crippen molar-refractivity contribution >= 4 is 11.8 Å². The second-order valence-corrected chi connectivity index (χ2v) is 4.96. The number of anilines is 2. The number of nitrogens with zero attached hydrogens (tertiary/aromatic N) is 4. The van der Waals surface area contributed by atoms with Crippen molar-refractivity contribution in [1.29, 1.82) is 0 Å². The molecule has 0 saturated carbocycles. The summed E-state index contributed by atoms with van der Waals surface area (Å²) in [7, 11) is 0. The maximum absolute atomic E-state index is 4.65. The molecule has 0 aliphatic carbocycles. The predicted octanol–water partition coefficient (Wildman–Crippen LogP) is 3.03. The van der Waals surface area contributed by atoms with E-state index in [0.29, 0.717) is 5.95 Å². The molecule has 1 N–H and O–H groups in total. The van der Waals surface area contributed by atoms with Crippen molar-refractivity contribution < 1.29 is 0 Å². The Hall–Kier alpha value is -2.17. The van der Waals surface area contributed by atoms with Crippen LogP contribution in [0.25, 0.3) is 0 Å². The van der Waals surface area contributed by atoms with E-state index >= 15 is 0 Å². The van der Waals surface area contributed by atoms with Gasteiger partial charge in [-0.1, -0.05) is 13.0 Å². The standard InChI is InChI=1S/C16H23N5/c1-4-9-18-16-19-11-13(3)15(20-16)21(5-2)12-14-8-6-7-10-17-14/h6-8,10-11H,4-5,9,12H2,1-3H3,(H,18,19,20). The third-order valence-electron chi connectivity index (χ3n) is 3.24. The van der Waals surface area contributed by atoms with Crippen molar-refractivity contribution in [3.05, 3.63) is 41.9 Å². The SMILES string of the molecule is CCCNc1ncc(C)c(N(CC)Cc2ccccn2)n1. The summed E-state index contributed by atoms with van der Waals surface area (Å²) in [4.78, 5) is 15.6. The van der Waals surface area contributed by atoms with E-state index in [0.717, 1.165) is 43.1 Å². The lowest BCUT2D eigenvalue weighted by atomic mass is 10.3. The van der Waals surface area contributed by atoms with E-state index in [9.17, 15) is 0 Å². The fraction of sp³-hybridized carbons (Fsp3) is 0.438. The molecule has 0 bridgehead atoms. The Morgan fingerprint density at radius 3 is 2.71 bits per heavy atom. The summed E-state index contributed by atoms with van der Waals surface area (Å²) in [6, 6.07) is 5.98. The summed E-state index contributed by atoms with van der Waals surface area (Å²) >= 11 is 0. The van der Waals surface area contributed by atoms with Gasteiger partial charge in [0.15, 0.2) is 0 Å². The van der Waals surface area contributed by atoms with Crippen LogP contribution in [0, 0.1) is 6.92 Å². The van der Waals surface area contributed by atoms with Crippen LogP contribution in [-0.2, 0) is 6.54 Å². The molecule has 112 valence electrons. The number of aryl methyl sites for hydroxylation is 1. The van der Waals surface area contributed by atoms with Crippen molar-refractivity contribution in [2.45, 2.75) is 33.7 Å². The van der Waals surface area contributed by atoms with E-state index in [1.165, 1.54) is 0 Å². The molecule has 2 heterocycles. The van der Waals surface area contributed by atoms with Gasteiger partial charge in [0.1, 0.15) is 5.82 Å². The van der Waals surface area contributed by atoms with E-state index < -0.39 is 0 Å². The molecule has 0 aromatic carbocycles. The maximum Gasteiger partial charge on any atom is 0.224 e. The Labute approximate surface area is 126 Å². The number of pyridine rings is 1. The second-order valence-electron chi connectivity index (χ2n) is 4.96. The normalized spacial score (nSPS) is 10.4. The maximum atomic E-state index is 4.65. The van der Waals surface area contributed by atoms with Crippen LogP contribution in [0.3, 0.4) is 0 Å². The number of hydrogen-bond donors (Lipinski definition) is 1. The van der Waals surface area contributed by atoms with E-state index in [4.69, 9.17) is 0 Å². The van der Waals surface area contributed by atoms with Gasteiger partial charge in [0.25, 0.3) is 0 Å². The minimum absolute atomic E-state index is 0.692. The van der Waals surface area contributed by atoms with Crippen molar-refractivity contribution in [1.82, 2.24) is 15.0 Å². The lowest BCUT2D eigenvalue weighted by Gasteiger charge is -2.23. The quantitative estimate of drug-likeness (QED) is 0.847. The molecule has 2 aromatic rings. The molecule has 0 radical (unpaired) electrons. The lowest BCUT2D eigenvalue weighted by molar-refractivity contribution is 0.785. The molecule has 0 unspecified atom stereocenters. The third-order valence-corrected chi connectivity index (χ3v) is 3.24. The first-order valence-corrected chi connectivity index (χ1v) is 7.47. The topological polar surface area (TPSA) is 53.9 Å². The summed E-state index contributed by atoms with van der Waals surface area (Å²) in [5.41, 5.74) is 2.12. The molecule has 0 aliphatic heterocycles. The van der Waals surface area contributed by atoms with Gasteiger partial charge < -0.3 is 10.2 Å². The van der Waals surface area contributed by atoms with Crippen molar-refractivity contribution in [2.75, 3.05) is 23.3 Å². The van der Waals surface area contributed by atoms with Gasteiger partial charge >= 0.3 is 0 Å². The highest BCUT2D eigenvalue weighted by Crippen LogP contribution is 2.19. The molecule has 0 aliphatic rings. The molecular weight excluding hydrogens is 262 g/mol. The first-order chi connectivity index (χ1) is 10.2. The average molecular weight is 285 g/mol. The number of aromatic nitrogens is 3. The summed E-state index contributed by atoms with van der Waals surface area (Å²) in [6.07, 6.45) is 4.75. The number of hydrogen-bond acceptors (Lipinski definition) is 5. The molecule has 21 heavy (non-hydrogen) atoms. The molecular formula is C16H23N5. The zero-order chi connectivity index (χ0) is 15.1. The number of nitrogens with one attached hydrogen (secondary N) is 1. The van der Waals surface area contributed by atoms with Crippen molar-refractivity contribution in [3.8, 4) is 0 Å². The van der Waals surface area contributed by atoms with E-state index in [2.05, 4.69) is 39.0 Å². The molecule has 0 spiro atoms. The van der Waals surface area contributed by atoms with Crippen LogP contribution >= 0.6 is 0 Å². The fourth-order valence-corrected chi connectivity index (χ4v) is 2.10. The Bertz CT molecular complexity index is 556. The van der Waals surface area contributed by atoms with Crippen LogP contribution in [0.15, 0.2) is 30.6 Å². The smallest absolute Gasteiger partial charge is 0.224 e. The van der Waals surface area contributed by atoms with Gasteiger partial charge in [0.2, 0.25) is 5.95 Å². The van der Waals surface area contributed by atoms with Gasteiger partial charge in [0.05, 0.1) is 12.2 Å². The van der Waals surface area contributed by atoms with Gasteiger partial charge in [0, 0.05) is 31.0 Å². The second kappa shape index (κ2) is 7.57. The number of rotatable bonds is 7. The monoisotopic (exact) mass is 285 g/mol. The van der Waals surface area contributed by atoms with Crippen LogP contribution in [-0.4, -0.2) is 28.0 Å². The average Bonchev–Trinajstić information content (AvgIpc) is 2.53. The van der Waals surface area contributed by atoms with E-state index in [1.54, 1.807) is 0 Å². The molecule has 0 atom stereocenters. The van der Waals surface area contributed by atoms with Crippen molar-refractivity contribution in [2.24, 2.45) is 0 Å². The Morgan fingerprint density at radius 2 is 2.05 bits per heavy atom. The molecule has 2 rings (SSSR count). The van der Waals surface area contributed by atoms with Gasteiger partial charge in [-0.3, -0.25) is 4.98 Å². The molecule has 0 fully saturated rings. The predicted molar refractivity (Wildman–Crippen MR) is 86.5 cm³/mol. The minimum atomic E-state index is 0.692. The fourth-order valence-electron chi connectivity index (χ4n) is 2.10. The van der Waals surface area contributed by atoms with E-state index in [1.807, 2.05) is 37.5 Å². The van der Waals surface area contributed by atoms with Gasteiger partial charge in [-0.25, -0.2) is 4.98 Å². The zero-order valence-electron chi connectivity index (χ0n) is 13.0. The van der Waals surface area contributed by atoms with Gasteiger partial charge in [-0.2, -0.15) is 4.98 Å². The van der Waals surface area contributed by atoms with Crippen LogP contribution in [0.5, 0.6) is 0 Å². The summed E-state index contributed by atoms with van der Waals surface area (Å²) in [5.74, 6) is 1.66. The summed E-state index contributed by atoms with van der Waals surface area (Å²) in [5, 5.41) is 3.24. The van der Waals surface area contributed by atoms with E-state index in [-0.39, 0.29) is 0 Å². The zero-order valence-corrected chi connectivity index (χ0v) is 13.0. The first kappa shape index (κ1) is 15.2. The van der Waals surface area contributed by atoms with Gasteiger partial charge in [-0.05, 0) is 32.4 Å². The molecule has 0 saturated heterocycles. The summed E-state index contributed by atoms with van der Waals surface area (Å²) < 4.78 is 0. The molecule has 5 nitrogen and oxygen atoms in total. The highest BCUT2D eigenvalue weighted by molar-refractivity contribution is 5.49. The Morgan fingerprint density at radius 1 is 1.19 bits per heavy atom. The first-order valence-electron chi connectivity index (χ1n) is 7.47.